The van der Waals surface area contributed by atoms with Crippen molar-refractivity contribution in [1.29, 1.82) is 0 Å². The van der Waals surface area contributed by atoms with Crippen LogP contribution in [0.25, 0.3) is 10.8 Å². The Hall–Kier alpha value is -3.67. The molecule has 6 heteroatoms. The minimum absolute atomic E-state index is 0.0294. The molecule has 170 valence electrons. The van der Waals surface area contributed by atoms with E-state index in [9.17, 15) is 14.4 Å². The van der Waals surface area contributed by atoms with E-state index in [1.807, 2.05) is 74.5 Å². The van der Waals surface area contributed by atoms with Crippen molar-refractivity contribution in [2.45, 2.75) is 39.3 Å². The van der Waals surface area contributed by atoms with Gasteiger partial charge in [0.1, 0.15) is 12.6 Å². The van der Waals surface area contributed by atoms with Crippen molar-refractivity contribution in [2.75, 3.05) is 18.0 Å². The molecule has 4 rings (SSSR count). The van der Waals surface area contributed by atoms with Crippen LogP contribution in [0.2, 0.25) is 0 Å². The number of carbonyl (C=O) groups is 3. The summed E-state index contributed by atoms with van der Waals surface area (Å²) in [6.45, 7) is 5.79. The van der Waals surface area contributed by atoms with Crippen molar-refractivity contribution in [1.82, 2.24) is 10.2 Å². The number of nitrogens with one attached hydrogen (secondary N) is 1. The standard InChI is InChI=1S/C27H29N3O3/c1-18(2)28-26(32)19(3)29(16-15-20-9-5-4-6-10-20)24(31)17-30-23-14-8-12-21-11-7-13-22(25(21)23)27(30)33/h4-14,18-19H,15-17H2,1-3H3,(H,28,32). The second kappa shape index (κ2) is 9.45. The van der Waals surface area contributed by atoms with E-state index in [-0.39, 0.29) is 30.3 Å². The van der Waals surface area contributed by atoms with Crippen molar-refractivity contribution >= 4 is 34.2 Å². The Morgan fingerprint density at radius 3 is 2.33 bits per heavy atom. The SMILES string of the molecule is CC(C)NC(=O)C(C)N(CCc1ccccc1)C(=O)CN1C(=O)c2cccc3cccc1c23. The van der Waals surface area contributed by atoms with Crippen LogP contribution >= 0.6 is 0 Å². The highest BCUT2D eigenvalue weighted by molar-refractivity contribution is 6.26. The third kappa shape index (κ3) is 4.60. The molecule has 0 fully saturated rings. The van der Waals surface area contributed by atoms with Gasteiger partial charge in [0.15, 0.2) is 0 Å². The van der Waals surface area contributed by atoms with Crippen LogP contribution in [-0.2, 0) is 16.0 Å². The van der Waals surface area contributed by atoms with Crippen LogP contribution in [0.3, 0.4) is 0 Å². The lowest BCUT2D eigenvalue weighted by Crippen LogP contribution is -2.52. The molecule has 0 radical (unpaired) electrons. The third-order valence-electron chi connectivity index (χ3n) is 6.02. The molecule has 0 bridgehead atoms. The maximum Gasteiger partial charge on any atom is 0.259 e. The minimum Gasteiger partial charge on any atom is -0.352 e. The fourth-order valence-corrected chi connectivity index (χ4v) is 4.34. The van der Waals surface area contributed by atoms with Gasteiger partial charge in [0.25, 0.3) is 5.91 Å². The molecule has 0 saturated heterocycles. The Morgan fingerprint density at radius 2 is 1.64 bits per heavy atom. The monoisotopic (exact) mass is 443 g/mol. The molecule has 1 heterocycles. The highest BCUT2D eigenvalue weighted by atomic mass is 16.2. The van der Waals surface area contributed by atoms with E-state index in [2.05, 4.69) is 5.32 Å². The number of hydrogen-bond acceptors (Lipinski definition) is 3. The van der Waals surface area contributed by atoms with Gasteiger partial charge in [-0.1, -0.05) is 54.6 Å². The van der Waals surface area contributed by atoms with Gasteiger partial charge >= 0.3 is 0 Å². The quantitative estimate of drug-likeness (QED) is 0.576. The fourth-order valence-electron chi connectivity index (χ4n) is 4.34. The molecule has 0 spiro atoms. The Balaban J connectivity index is 1.58. The van der Waals surface area contributed by atoms with Gasteiger partial charge in [-0.2, -0.15) is 0 Å². The summed E-state index contributed by atoms with van der Waals surface area (Å²) in [5.41, 5.74) is 2.43. The molecule has 0 aromatic heterocycles. The van der Waals surface area contributed by atoms with Gasteiger partial charge in [-0.15, -0.1) is 0 Å². The van der Waals surface area contributed by atoms with Gasteiger partial charge in [-0.05, 0) is 50.3 Å². The van der Waals surface area contributed by atoms with E-state index in [0.29, 0.717) is 18.5 Å². The van der Waals surface area contributed by atoms with Crippen molar-refractivity contribution in [3.63, 3.8) is 0 Å². The summed E-state index contributed by atoms with van der Waals surface area (Å²) in [6.07, 6.45) is 0.621. The number of rotatable bonds is 8. The molecular formula is C27H29N3O3. The van der Waals surface area contributed by atoms with E-state index in [4.69, 9.17) is 0 Å². The molecule has 1 N–H and O–H groups in total. The average molecular weight is 444 g/mol. The average Bonchev–Trinajstić information content (AvgIpc) is 3.07. The number of carbonyl (C=O) groups excluding carboxylic acids is 3. The Bertz CT molecular complexity index is 1180. The summed E-state index contributed by atoms with van der Waals surface area (Å²) in [5, 5.41) is 4.74. The number of anilines is 1. The van der Waals surface area contributed by atoms with Crippen molar-refractivity contribution < 1.29 is 14.4 Å². The number of benzene rings is 3. The second-order valence-corrected chi connectivity index (χ2v) is 8.73. The summed E-state index contributed by atoms with van der Waals surface area (Å²) < 4.78 is 0. The van der Waals surface area contributed by atoms with Crippen LogP contribution in [0.1, 0.15) is 36.7 Å². The highest BCUT2D eigenvalue weighted by Crippen LogP contribution is 2.37. The maximum atomic E-state index is 13.5. The number of amides is 3. The third-order valence-corrected chi connectivity index (χ3v) is 6.02. The molecule has 1 aliphatic rings. The smallest absolute Gasteiger partial charge is 0.259 e. The molecule has 1 unspecified atom stereocenters. The highest BCUT2D eigenvalue weighted by Gasteiger charge is 2.34. The number of hydrogen-bond donors (Lipinski definition) is 1. The first kappa shape index (κ1) is 22.5. The molecule has 1 atom stereocenters. The van der Waals surface area contributed by atoms with E-state index in [0.717, 1.165) is 22.0 Å². The summed E-state index contributed by atoms with van der Waals surface area (Å²) in [4.78, 5) is 42.5. The van der Waals surface area contributed by atoms with Crippen LogP contribution in [-0.4, -0.2) is 47.8 Å². The first-order valence-corrected chi connectivity index (χ1v) is 11.3. The van der Waals surface area contributed by atoms with E-state index in [1.54, 1.807) is 17.9 Å². The Morgan fingerprint density at radius 1 is 0.939 bits per heavy atom. The molecule has 1 aliphatic heterocycles. The fraction of sp³-hybridized carbons (Fsp3) is 0.296. The zero-order chi connectivity index (χ0) is 23.5. The number of nitrogens with zero attached hydrogens (tertiary/aromatic N) is 2. The molecule has 33 heavy (non-hydrogen) atoms. The molecule has 0 aliphatic carbocycles. The lowest BCUT2D eigenvalue weighted by atomic mass is 10.1. The van der Waals surface area contributed by atoms with Crippen LogP contribution in [0, 0.1) is 0 Å². The molecule has 3 amide bonds. The minimum atomic E-state index is -0.653. The summed E-state index contributed by atoms with van der Waals surface area (Å²) in [6, 6.07) is 20.5. The lowest BCUT2D eigenvalue weighted by Gasteiger charge is -2.31. The molecule has 6 nitrogen and oxygen atoms in total. The maximum absolute atomic E-state index is 13.5. The van der Waals surface area contributed by atoms with Crippen molar-refractivity contribution in [3.05, 3.63) is 77.9 Å². The normalized spacial score (nSPS) is 13.5. The van der Waals surface area contributed by atoms with Gasteiger partial charge in [-0.3, -0.25) is 19.3 Å². The van der Waals surface area contributed by atoms with Crippen LogP contribution < -0.4 is 10.2 Å². The van der Waals surface area contributed by atoms with Gasteiger partial charge in [0.2, 0.25) is 11.8 Å². The predicted molar refractivity (Wildman–Crippen MR) is 130 cm³/mol. The van der Waals surface area contributed by atoms with E-state index in [1.165, 1.54) is 4.90 Å². The Kier molecular flexibility index (Phi) is 6.45. The van der Waals surface area contributed by atoms with Gasteiger partial charge < -0.3 is 10.2 Å². The van der Waals surface area contributed by atoms with E-state index < -0.39 is 6.04 Å². The van der Waals surface area contributed by atoms with Gasteiger partial charge in [0, 0.05) is 23.5 Å². The van der Waals surface area contributed by atoms with Gasteiger partial charge in [0.05, 0.1) is 5.69 Å². The van der Waals surface area contributed by atoms with Crippen molar-refractivity contribution in [3.8, 4) is 0 Å². The summed E-state index contributed by atoms with van der Waals surface area (Å²) in [7, 11) is 0. The first-order valence-electron chi connectivity index (χ1n) is 11.3. The molecule has 3 aromatic carbocycles. The first-order chi connectivity index (χ1) is 15.9. The molecule has 0 saturated carbocycles. The Labute approximate surface area is 194 Å². The van der Waals surface area contributed by atoms with Gasteiger partial charge in [-0.25, -0.2) is 0 Å². The van der Waals surface area contributed by atoms with Crippen LogP contribution in [0.15, 0.2) is 66.7 Å². The zero-order valence-electron chi connectivity index (χ0n) is 19.2. The largest absolute Gasteiger partial charge is 0.352 e. The van der Waals surface area contributed by atoms with Crippen LogP contribution in [0.5, 0.6) is 0 Å². The summed E-state index contributed by atoms with van der Waals surface area (Å²) in [5.74, 6) is -0.641. The van der Waals surface area contributed by atoms with Crippen molar-refractivity contribution in [2.24, 2.45) is 0 Å². The molecular weight excluding hydrogens is 414 g/mol. The lowest BCUT2D eigenvalue weighted by molar-refractivity contribution is -0.139. The molecule has 3 aromatic rings. The summed E-state index contributed by atoms with van der Waals surface area (Å²) >= 11 is 0. The predicted octanol–water partition coefficient (Wildman–Crippen LogP) is 3.78. The van der Waals surface area contributed by atoms with Crippen LogP contribution in [0.4, 0.5) is 5.69 Å². The topological polar surface area (TPSA) is 69.7 Å². The zero-order valence-corrected chi connectivity index (χ0v) is 19.2. The van der Waals surface area contributed by atoms with E-state index >= 15 is 0 Å². The second-order valence-electron chi connectivity index (χ2n) is 8.73.